The van der Waals surface area contributed by atoms with Crippen LogP contribution in [0.3, 0.4) is 0 Å². The predicted molar refractivity (Wildman–Crippen MR) is 105 cm³/mol. The fraction of sp³-hybridized carbons (Fsp3) is 0.200. The van der Waals surface area contributed by atoms with E-state index < -0.39 is 5.97 Å². The molecular formula is C20H20ClNO6. The molecule has 0 heterocycles. The van der Waals surface area contributed by atoms with Crippen molar-refractivity contribution in [3.63, 3.8) is 0 Å². The first-order valence-electron chi connectivity index (χ1n) is 8.18. The summed E-state index contributed by atoms with van der Waals surface area (Å²) in [4.78, 5) is 24.0. The number of benzene rings is 2. The van der Waals surface area contributed by atoms with Crippen molar-refractivity contribution in [3.05, 3.63) is 59.6 Å². The van der Waals surface area contributed by atoms with Crippen LogP contribution in [0.4, 0.5) is 5.69 Å². The molecule has 28 heavy (non-hydrogen) atoms. The number of carbonyl (C=O) groups excluding carboxylic acids is 2. The van der Waals surface area contributed by atoms with E-state index in [0.717, 1.165) is 0 Å². The van der Waals surface area contributed by atoms with Gasteiger partial charge in [-0.15, -0.1) is 0 Å². The Morgan fingerprint density at radius 1 is 1.00 bits per heavy atom. The number of anilines is 1. The summed E-state index contributed by atoms with van der Waals surface area (Å²) in [5.74, 6) is 0.357. The number of carbonyl (C=O) groups is 2. The number of hydrogen-bond acceptors (Lipinski definition) is 6. The third-order valence-electron chi connectivity index (χ3n) is 3.49. The normalized spacial score (nSPS) is 9.96. The molecule has 0 bridgehead atoms. The lowest BCUT2D eigenvalue weighted by molar-refractivity contribution is -0.118. The van der Waals surface area contributed by atoms with Gasteiger partial charge in [0.1, 0.15) is 12.4 Å². The van der Waals surface area contributed by atoms with Gasteiger partial charge in [0.05, 0.1) is 19.8 Å². The molecule has 1 amide bonds. The van der Waals surface area contributed by atoms with Gasteiger partial charge in [0.15, 0.2) is 18.1 Å². The molecule has 1 N–H and O–H groups in total. The second-order valence-electron chi connectivity index (χ2n) is 5.52. The summed E-state index contributed by atoms with van der Waals surface area (Å²) in [5, 5.41) is 2.91. The van der Waals surface area contributed by atoms with E-state index in [4.69, 9.17) is 30.5 Å². The summed E-state index contributed by atoms with van der Waals surface area (Å²) in [7, 11) is 2.99. The van der Waals surface area contributed by atoms with Crippen LogP contribution in [0.1, 0.15) is 10.4 Å². The van der Waals surface area contributed by atoms with Crippen molar-refractivity contribution in [3.8, 4) is 17.2 Å². The minimum absolute atomic E-state index is 0.0908. The first-order valence-corrected chi connectivity index (χ1v) is 8.56. The highest BCUT2D eigenvalue weighted by Crippen LogP contribution is 2.28. The number of hydrogen-bond donors (Lipinski definition) is 1. The van der Waals surface area contributed by atoms with Crippen LogP contribution in [0.25, 0.3) is 0 Å². The highest BCUT2D eigenvalue weighted by Gasteiger charge is 2.14. The molecule has 0 aromatic heterocycles. The molecule has 0 saturated carbocycles. The zero-order valence-electron chi connectivity index (χ0n) is 15.5. The number of esters is 1. The molecule has 0 fully saturated rings. The van der Waals surface area contributed by atoms with Crippen LogP contribution >= 0.6 is 11.6 Å². The van der Waals surface area contributed by atoms with Crippen LogP contribution in [0.5, 0.6) is 17.2 Å². The fourth-order valence-corrected chi connectivity index (χ4v) is 2.21. The molecule has 0 aliphatic rings. The first kappa shape index (κ1) is 21.1. The Kier molecular flexibility index (Phi) is 7.71. The number of methoxy groups -OCH3 is 2. The Labute approximate surface area is 167 Å². The van der Waals surface area contributed by atoms with Crippen molar-refractivity contribution in [1.82, 2.24) is 0 Å². The van der Waals surface area contributed by atoms with Gasteiger partial charge in [0.2, 0.25) is 0 Å². The van der Waals surface area contributed by atoms with Gasteiger partial charge in [-0.1, -0.05) is 18.2 Å². The van der Waals surface area contributed by atoms with E-state index in [-0.39, 0.29) is 35.5 Å². The Balaban J connectivity index is 1.96. The number of halogens is 1. The maximum Gasteiger partial charge on any atom is 0.338 e. The third kappa shape index (κ3) is 6.21. The van der Waals surface area contributed by atoms with Gasteiger partial charge < -0.3 is 24.3 Å². The van der Waals surface area contributed by atoms with Gasteiger partial charge in [0, 0.05) is 10.7 Å². The fourth-order valence-electron chi connectivity index (χ4n) is 2.16. The number of ether oxygens (including phenoxy) is 4. The van der Waals surface area contributed by atoms with E-state index in [1.165, 1.54) is 25.3 Å². The monoisotopic (exact) mass is 405 g/mol. The SMILES string of the molecule is C=C(Cl)COC(=O)c1ccc(OCC(=O)Nc2ccc(OC)cc2)c(OC)c1. The van der Waals surface area contributed by atoms with Gasteiger partial charge in [0.25, 0.3) is 5.91 Å². The average Bonchev–Trinajstić information content (AvgIpc) is 2.70. The molecule has 2 aromatic rings. The number of amides is 1. The molecule has 0 aliphatic carbocycles. The summed E-state index contributed by atoms with van der Waals surface area (Å²) in [5.41, 5.74) is 0.866. The molecule has 2 rings (SSSR count). The molecule has 2 aromatic carbocycles. The number of nitrogens with one attached hydrogen (secondary N) is 1. The van der Waals surface area contributed by atoms with E-state index in [9.17, 15) is 9.59 Å². The minimum atomic E-state index is -0.580. The zero-order valence-corrected chi connectivity index (χ0v) is 16.2. The molecule has 148 valence electrons. The van der Waals surface area contributed by atoms with Crippen LogP contribution in [0.15, 0.2) is 54.1 Å². The Morgan fingerprint density at radius 3 is 2.32 bits per heavy atom. The second-order valence-corrected chi connectivity index (χ2v) is 6.06. The lowest BCUT2D eigenvalue weighted by Crippen LogP contribution is -2.20. The van der Waals surface area contributed by atoms with Crippen LogP contribution in [-0.4, -0.2) is 39.3 Å². The van der Waals surface area contributed by atoms with Crippen LogP contribution < -0.4 is 19.5 Å². The standard InChI is InChI=1S/C20H20ClNO6/c1-13(21)11-28-20(24)14-4-9-17(18(10-14)26-3)27-12-19(23)22-15-5-7-16(25-2)8-6-15/h4-10H,1,11-12H2,2-3H3,(H,22,23). The largest absolute Gasteiger partial charge is 0.497 e. The second kappa shape index (κ2) is 10.2. The minimum Gasteiger partial charge on any atom is -0.497 e. The molecule has 0 atom stereocenters. The van der Waals surface area contributed by atoms with Gasteiger partial charge >= 0.3 is 5.97 Å². The Hall–Kier alpha value is -3.19. The summed E-state index contributed by atoms with van der Waals surface area (Å²) in [6.07, 6.45) is 0. The van der Waals surface area contributed by atoms with E-state index >= 15 is 0 Å². The summed E-state index contributed by atoms with van der Waals surface area (Å²) >= 11 is 5.58. The van der Waals surface area contributed by atoms with Crippen molar-refractivity contribution in [2.24, 2.45) is 0 Å². The summed E-state index contributed by atoms with van der Waals surface area (Å²) in [6, 6.07) is 11.4. The average molecular weight is 406 g/mol. The quantitative estimate of drug-likeness (QED) is 0.641. The van der Waals surface area contributed by atoms with Crippen molar-refractivity contribution >= 4 is 29.2 Å². The maximum absolute atomic E-state index is 12.1. The summed E-state index contributed by atoms with van der Waals surface area (Å²) < 4.78 is 20.7. The highest BCUT2D eigenvalue weighted by molar-refractivity contribution is 6.29. The van der Waals surface area contributed by atoms with Crippen molar-refractivity contribution in [2.75, 3.05) is 32.8 Å². The van der Waals surface area contributed by atoms with E-state index in [1.54, 1.807) is 31.4 Å². The summed E-state index contributed by atoms with van der Waals surface area (Å²) in [6.45, 7) is 3.12. The van der Waals surface area contributed by atoms with Gasteiger partial charge in [-0.05, 0) is 42.5 Å². The van der Waals surface area contributed by atoms with Crippen LogP contribution in [0, 0.1) is 0 Å². The van der Waals surface area contributed by atoms with Crippen molar-refractivity contribution < 1.29 is 28.5 Å². The maximum atomic E-state index is 12.1. The zero-order chi connectivity index (χ0) is 20.5. The van der Waals surface area contributed by atoms with Crippen molar-refractivity contribution in [1.29, 1.82) is 0 Å². The smallest absolute Gasteiger partial charge is 0.338 e. The molecule has 7 nitrogen and oxygen atoms in total. The molecular weight excluding hydrogens is 386 g/mol. The first-order chi connectivity index (χ1) is 13.4. The third-order valence-corrected chi connectivity index (χ3v) is 3.60. The van der Waals surface area contributed by atoms with Gasteiger partial charge in [-0.3, -0.25) is 4.79 Å². The molecule has 0 aliphatic heterocycles. The van der Waals surface area contributed by atoms with Gasteiger partial charge in [-0.2, -0.15) is 0 Å². The Morgan fingerprint density at radius 2 is 1.71 bits per heavy atom. The molecule has 0 unspecified atom stereocenters. The number of rotatable bonds is 9. The lowest BCUT2D eigenvalue weighted by atomic mass is 10.2. The van der Waals surface area contributed by atoms with Crippen molar-refractivity contribution in [2.45, 2.75) is 0 Å². The topological polar surface area (TPSA) is 83.1 Å². The van der Waals surface area contributed by atoms with E-state index in [2.05, 4.69) is 11.9 Å². The lowest BCUT2D eigenvalue weighted by Gasteiger charge is -2.12. The molecule has 8 heteroatoms. The van der Waals surface area contributed by atoms with E-state index in [0.29, 0.717) is 17.2 Å². The van der Waals surface area contributed by atoms with Crippen LogP contribution in [-0.2, 0) is 9.53 Å². The molecule has 0 saturated heterocycles. The molecule has 0 spiro atoms. The Bertz CT molecular complexity index is 850. The molecule has 0 radical (unpaired) electrons. The van der Waals surface area contributed by atoms with E-state index in [1.807, 2.05) is 0 Å². The highest BCUT2D eigenvalue weighted by atomic mass is 35.5. The van der Waals surface area contributed by atoms with Crippen LogP contribution in [0.2, 0.25) is 0 Å². The predicted octanol–water partition coefficient (Wildman–Crippen LogP) is 3.63. The van der Waals surface area contributed by atoms with Gasteiger partial charge in [-0.25, -0.2) is 4.79 Å².